The molecule has 0 bridgehead atoms. The van der Waals surface area contributed by atoms with Gasteiger partial charge in [0.05, 0.1) is 12.3 Å². The molecule has 6 heteroatoms. The molecule has 0 unspecified atom stereocenters. The maximum Gasteiger partial charge on any atom is 0.345 e. The van der Waals surface area contributed by atoms with Crippen molar-refractivity contribution in [1.29, 1.82) is 5.41 Å². The Kier molecular flexibility index (Phi) is 5.17. The number of hydrogen-bond donors (Lipinski definition) is 2. The normalized spacial score (nSPS) is 15.4. The van der Waals surface area contributed by atoms with Crippen LogP contribution in [0.5, 0.6) is 0 Å². The molecule has 2 aromatic carbocycles. The van der Waals surface area contributed by atoms with E-state index in [-0.39, 0.29) is 17.9 Å². The first-order valence-electron chi connectivity index (χ1n) is 8.40. The summed E-state index contributed by atoms with van der Waals surface area (Å²) in [7, 11) is 0. The summed E-state index contributed by atoms with van der Waals surface area (Å²) in [6.07, 6.45) is 1.55. The minimum Gasteiger partial charge on any atom is -0.505 e. The minimum absolute atomic E-state index is 0.0584. The van der Waals surface area contributed by atoms with Gasteiger partial charge in [-0.2, -0.15) is 0 Å². The summed E-state index contributed by atoms with van der Waals surface area (Å²) in [5.41, 5.74) is 0.772. The number of esters is 1. The monoisotopic (exact) mass is 362 g/mol. The standard InChI is InChI=1S/C21H18N2O4/c1-2-27-21(26)17-18(24)16(13-14-9-5-3-6-10-14)23(19(17)22)20(25)15-11-7-4-8-12-15/h3-13,22,24H,2H2,1H3/b16-13+,22-19?. The smallest absolute Gasteiger partial charge is 0.345 e. The number of aliphatic hydroxyl groups is 1. The summed E-state index contributed by atoms with van der Waals surface area (Å²) in [4.78, 5) is 26.2. The Balaban J connectivity index is 2.11. The van der Waals surface area contributed by atoms with Crippen LogP contribution in [-0.2, 0) is 9.53 Å². The number of amidine groups is 1. The minimum atomic E-state index is -0.845. The fourth-order valence-electron chi connectivity index (χ4n) is 2.74. The van der Waals surface area contributed by atoms with E-state index in [9.17, 15) is 14.7 Å². The molecule has 0 spiro atoms. The van der Waals surface area contributed by atoms with Crippen molar-refractivity contribution in [1.82, 2.24) is 4.90 Å². The van der Waals surface area contributed by atoms with Crippen LogP contribution < -0.4 is 0 Å². The number of benzene rings is 2. The number of aliphatic hydroxyl groups excluding tert-OH is 1. The second-order valence-corrected chi connectivity index (χ2v) is 5.74. The van der Waals surface area contributed by atoms with E-state index in [0.717, 1.165) is 4.90 Å². The topological polar surface area (TPSA) is 90.7 Å². The maximum atomic E-state index is 13.0. The van der Waals surface area contributed by atoms with Gasteiger partial charge in [-0.3, -0.25) is 15.1 Å². The van der Waals surface area contributed by atoms with Crippen LogP contribution >= 0.6 is 0 Å². The van der Waals surface area contributed by atoms with Crippen molar-refractivity contribution in [2.24, 2.45) is 0 Å². The van der Waals surface area contributed by atoms with Crippen LogP contribution in [0.3, 0.4) is 0 Å². The molecule has 0 aliphatic carbocycles. The highest BCUT2D eigenvalue weighted by Crippen LogP contribution is 2.32. The molecule has 27 heavy (non-hydrogen) atoms. The summed E-state index contributed by atoms with van der Waals surface area (Å²) >= 11 is 0. The van der Waals surface area contributed by atoms with Crippen LogP contribution in [0.2, 0.25) is 0 Å². The summed E-state index contributed by atoms with van der Waals surface area (Å²) in [5.74, 6) is -2.23. The first-order valence-corrected chi connectivity index (χ1v) is 8.40. The molecule has 1 aliphatic heterocycles. The van der Waals surface area contributed by atoms with Crippen molar-refractivity contribution in [3.8, 4) is 0 Å². The Bertz CT molecular complexity index is 947. The molecule has 6 nitrogen and oxygen atoms in total. The molecule has 0 aromatic heterocycles. The van der Waals surface area contributed by atoms with Gasteiger partial charge in [0.15, 0.2) is 11.6 Å². The molecule has 1 heterocycles. The summed E-state index contributed by atoms with van der Waals surface area (Å²) in [5, 5.41) is 18.9. The first-order chi connectivity index (χ1) is 13.0. The zero-order valence-electron chi connectivity index (χ0n) is 14.7. The highest BCUT2D eigenvalue weighted by atomic mass is 16.5. The fourth-order valence-corrected chi connectivity index (χ4v) is 2.74. The fraction of sp³-hybridized carbons (Fsp3) is 0.0952. The lowest BCUT2D eigenvalue weighted by molar-refractivity contribution is -0.138. The molecule has 0 saturated heterocycles. The summed E-state index contributed by atoms with van der Waals surface area (Å²) in [6, 6.07) is 17.4. The highest BCUT2D eigenvalue weighted by molar-refractivity contribution is 6.27. The van der Waals surface area contributed by atoms with Crippen LogP contribution in [0.4, 0.5) is 0 Å². The number of nitrogens with one attached hydrogen (secondary N) is 1. The number of carbonyl (C=O) groups excluding carboxylic acids is 2. The maximum absolute atomic E-state index is 13.0. The molecule has 3 rings (SSSR count). The largest absolute Gasteiger partial charge is 0.505 e. The number of nitrogens with zero attached hydrogens (tertiary/aromatic N) is 1. The molecule has 0 radical (unpaired) electrons. The van der Waals surface area contributed by atoms with E-state index in [1.54, 1.807) is 55.5 Å². The molecule has 0 fully saturated rings. The number of carbonyl (C=O) groups is 2. The predicted molar refractivity (Wildman–Crippen MR) is 101 cm³/mol. The van der Waals surface area contributed by atoms with Gasteiger partial charge in [-0.1, -0.05) is 48.5 Å². The van der Waals surface area contributed by atoms with E-state index in [2.05, 4.69) is 0 Å². The first kappa shape index (κ1) is 18.1. The average molecular weight is 362 g/mol. The van der Waals surface area contributed by atoms with Crippen molar-refractivity contribution >= 4 is 23.8 Å². The van der Waals surface area contributed by atoms with E-state index in [1.165, 1.54) is 0 Å². The Morgan fingerprint density at radius 2 is 1.67 bits per heavy atom. The number of hydrogen-bond acceptors (Lipinski definition) is 5. The molecular formula is C21H18N2O4. The Labute approximate surface area is 156 Å². The van der Waals surface area contributed by atoms with E-state index >= 15 is 0 Å². The lowest BCUT2D eigenvalue weighted by atomic mass is 10.1. The molecule has 2 N–H and O–H groups in total. The van der Waals surface area contributed by atoms with Gasteiger partial charge in [-0.25, -0.2) is 4.79 Å². The molecule has 1 amide bonds. The van der Waals surface area contributed by atoms with Gasteiger partial charge in [-0.15, -0.1) is 0 Å². The van der Waals surface area contributed by atoms with Gasteiger partial charge < -0.3 is 9.84 Å². The summed E-state index contributed by atoms with van der Waals surface area (Å²) in [6.45, 7) is 1.72. The Morgan fingerprint density at radius 1 is 1.07 bits per heavy atom. The van der Waals surface area contributed by atoms with E-state index in [4.69, 9.17) is 10.1 Å². The van der Waals surface area contributed by atoms with E-state index < -0.39 is 23.5 Å². The third kappa shape index (κ3) is 3.50. The van der Waals surface area contributed by atoms with Gasteiger partial charge in [-0.05, 0) is 30.7 Å². The lowest BCUT2D eigenvalue weighted by Gasteiger charge is -2.19. The lowest BCUT2D eigenvalue weighted by Crippen LogP contribution is -2.33. The SMILES string of the molecule is CCOC(=O)C1=C(O)/C(=C\c2ccccc2)N(C(=O)c2ccccc2)C1=N. The van der Waals surface area contributed by atoms with Crippen LogP contribution in [0, 0.1) is 5.41 Å². The molecule has 136 valence electrons. The van der Waals surface area contributed by atoms with Crippen LogP contribution in [0.25, 0.3) is 6.08 Å². The molecule has 1 aliphatic rings. The zero-order valence-corrected chi connectivity index (χ0v) is 14.7. The van der Waals surface area contributed by atoms with Crippen molar-refractivity contribution in [2.45, 2.75) is 6.92 Å². The van der Waals surface area contributed by atoms with Gasteiger partial charge in [0.25, 0.3) is 5.91 Å². The van der Waals surface area contributed by atoms with Gasteiger partial charge in [0.2, 0.25) is 0 Å². The average Bonchev–Trinajstić information content (AvgIpc) is 2.93. The third-order valence-electron chi connectivity index (χ3n) is 3.99. The number of rotatable bonds is 4. The van der Waals surface area contributed by atoms with Crippen molar-refractivity contribution in [2.75, 3.05) is 6.61 Å². The highest BCUT2D eigenvalue weighted by Gasteiger charge is 2.41. The van der Waals surface area contributed by atoms with Gasteiger partial charge in [0, 0.05) is 5.56 Å². The summed E-state index contributed by atoms with van der Waals surface area (Å²) < 4.78 is 4.94. The number of ether oxygens (including phenoxy) is 1. The van der Waals surface area contributed by atoms with Crippen molar-refractivity contribution in [3.05, 3.63) is 88.8 Å². The van der Waals surface area contributed by atoms with Gasteiger partial charge >= 0.3 is 5.97 Å². The number of amides is 1. The zero-order chi connectivity index (χ0) is 19.4. The second kappa shape index (κ2) is 7.70. The van der Waals surface area contributed by atoms with Crippen LogP contribution in [-0.4, -0.2) is 34.3 Å². The van der Waals surface area contributed by atoms with Crippen LogP contribution in [0.15, 0.2) is 77.7 Å². The molecule has 0 atom stereocenters. The van der Waals surface area contributed by atoms with E-state index in [1.807, 2.05) is 18.2 Å². The van der Waals surface area contributed by atoms with Gasteiger partial charge in [0.1, 0.15) is 5.57 Å². The second-order valence-electron chi connectivity index (χ2n) is 5.74. The predicted octanol–water partition coefficient (Wildman–Crippen LogP) is 3.54. The Morgan fingerprint density at radius 3 is 2.26 bits per heavy atom. The molecular weight excluding hydrogens is 344 g/mol. The van der Waals surface area contributed by atoms with Crippen LogP contribution in [0.1, 0.15) is 22.8 Å². The van der Waals surface area contributed by atoms with Crippen molar-refractivity contribution in [3.63, 3.8) is 0 Å². The third-order valence-corrected chi connectivity index (χ3v) is 3.99. The van der Waals surface area contributed by atoms with Crippen molar-refractivity contribution < 1.29 is 19.4 Å². The quantitative estimate of drug-likeness (QED) is 0.814. The molecule has 0 saturated carbocycles. The van der Waals surface area contributed by atoms with E-state index in [0.29, 0.717) is 11.1 Å². The molecule has 2 aromatic rings. The Hall–Kier alpha value is -3.67.